The highest BCUT2D eigenvalue weighted by atomic mass is 32.2. The molecule has 0 saturated heterocycles. The van der Waals surface area contributed by atoms with Gasteiger partial charge in [0.1, 0.15) is 0 Å². The van der Waals surface area contributed by atoms with E-state index in [0.29, 0.717) is 11.3 Å². The Morgan fingerprint density at radius 1 is 0.962 bits per heavy atom. The quantitative estimate of drug-likeness (QED) is 0.524. The largest absolute Gasteiger partial charge is 0.449 e. The lowest BCUT2D eigenvalue weighted by atomic mass is 10.1. The third kappa shape index (κ3) is 4.24. The lowest BCUT2D eigenvalue weighted by Crippen LogP contribution is -2.30. The van der Waals surface area contributed by atoms with Crippen molar-refractivity contribution in [2.24, 2.45) is 0 Å². The Morgan fingerprint density at radius 3 is 2.35 bits per heavy atom. The van der Waals surface area contributed by atoms with Gasteiger partial charge in [0.2, 0.25) is 0 Å². The van der Waals surface area contributed by atoms with Gasteiger partial charge in [0.05, 0.1) is 5.56 Å². The Hall–Kier alpha value is -2.79. The Bertz CT molecular complexity index is 937. The molecule has 3 aromatic rings. The Balaban J connectivity index is 1.63. The highest BCUT2D eigenvalue weighted by Crippen LogP contribution is 2.19. The van der Waals surface area contributed by atoms with Crippen LogP contribution in [0.3, 0.4) is 0 Å². The summed E-state index contributed by atoms with van der Waals surface area (Å²) in [7, 11) is 0. The van der Waals surface area contributed by atoms with E-state index in [0.717, 1.165) is 15.7 Å². The number of anilines is 1. The molecule has 0 radical (unpaired) electrons. The fraction of sp³-hybridized carbons (Fsp3) is 0.143. The number of hydrogen-bond donors (Lipinski definition) is 1. The van der Waals surface area contributed by atoms with E-state index in [1.165, 1.54) is 0 Å². The van der Waals surface area contributed by atoms with Gasteiger partial charge in [-0.15, -0.1) is 11.8 Å². The highest BCUT2D eigenvalue weighted by molar-refractivity contribution is 7.98. The van der Waals surface area contributed by atoms with E-state index in [2.05, 4.69) is 5.32 Å². The van der Waals surface area contributed by atoms with Crippen LogP contribution < -0.4 is 5.32 Å². The average molecular weight is 365 g/mol. The fourth-order valence-corrected chi connectivity index (χ4v) is 2.93. The lowest BCUT2D eigenvalue weighted by molar-refractivity contribution is -0.123. The third-order valence-corrected chi connectivity index (χ3v) is 4.74. The summed E-state index contributed by atoms with van der Waals surface area (Å²) in [6.45, 7) is 1.56. The number of ether oxygens (including phenoxy) is 1. The predicted molar refractivity (Wildman–Crippen MR) is 106 cm³/mol. The summed E-state index contributed by atoms with van der Waals surface area (Å²) in [5, 5.41) is 4.92. The maximum absolute atomic E-state index is 12.3. The first-order chi connectivity index (χ1) is 12.6. The van der Waals surface area contributed by atoms with Crippen LogP contribution in [0.1, 0.15) is 17.3 Å². The second-order valence-electron chi connectivity index (χ2n) is 5.83. The van der Waals surface area contributed by atoms with Crippen LogP contribution in [0.5, 0.6) is 0 Å². The van der Waals surface area contributed by atoms with Crippen molar-refractivity contribution in [2.75, 3.05) is 11.6 Å². The summed E-state index contributed by atoms with van der Waals surface area (Å²) < 4.78 is 5.27. The first kappa shape index (κ1) is 18.0. The van der Waals surface area contributed by atoms with Crippen molar-refractivity contribution in [2.45, 2.75) is 17.9 Å². The molecule has 0 fully saturated rings. The van der Waals surface area contributed by atoms with Gasteiger partial charge in [0.25, 0.3) is 5.91 Å². The standard InChI is InChI=1S/C21H19NO3S/c1-14(25-21(24)16-8-11-19(26-2)12-9-16)20(23)22-18-10-7-15-5-3-4-6-17(15)13-18/h3-14H,1-2H3,(H,22,23)/t14-/m0/s1. The minimum Gasteiger partial charge on any atom is -0.449 e. The maximum Gasteiger partial charge on any atom is 0.338 e. The highest BCUT2D eigenvalue weighted by Gasteiger charge is 2.19. The van der Waals surface area contributed by atoms with Gasteiger partial charge >= 0.3 is 5.97 Å². The average Bonchev–Trinajstić information content (AvgIpc) is 2.67. The van der Waals surface area contributed by atoms with Gasteiger partial charge < -0.3 is 10.1 Å². The Kier molecular flexibility index (Phi) is 5.58. The van der Waals surface area contributed by atoms with E-state index >= 15 is 0 Å². The van der Waals surface area contributed by atoms with Crippen molar-refractivity contribution in [3.05, 3.63) is 72.3 Å². The first-order valence-corrected chi connectivity index (χ1v) is 9.44. The summed E-state index contributed by atoms with van der Waals surface area (Å²) in [5.74, 6) is -0.881. The molecule has 26 heavy (non-hydrogen) atoms. The number of thioether (sulfide) groups is 1. The van der Waals surface area contributed by atoms with E-state index in [4.69, 9.17) is 4.74 Å². The molecule has 132 valence electrons. The molecule has 0 saturated carbocycles. The molecule has 0 heterocycles. The van der Waals surface area contributed by atoms with Crippen LogP contribution >= 0.6 is 11.8 Å². The van der Waals surface area contributed by atoms with Crippen LogP contribution in [0, 0.1) is 0 Å². The molecule has 3 aromatic carbocycles. The van der Waals surface area contributed by atoms with Crippen LogP contribution in [0.4, 0.5) is 5.69 Å². The molecule has 0 unspecified atom stereocenters. The fourth-order valence-electron chi connectivity index (χ4n) is 2.52. The smallest absolute Gasteiger partial charge is 0.338 e. The normalized spacial score (nSPS) is 11.8. The van der Waals surface area contributed by atoms with Crippen LogP contribution in [0.25, 0.3) is 10.8 Å². The van der Waals surface area contributed by atoms with Crippen LogP contribution in [0.15, 0.2) is 71.6 Å². The van der Waals surface area contributed by atoms with E-state index < -0.39 is 12.1 Å². The number of esters is 1. The van der Waals surface area contributed by atoms with Crippen LogP contribution in [-0.4, -0.2) is 24.2 Å². The number of nitrogens with one attached hydrogen (secondary N) is 1. The molecule has 0 aliphatic rings. The zero-order valence-corrected chi connectivity index (χ0v) is 15.4. The molecule has 0 aliphatic carbocycles. The van der Waals surface area contributed by atoms with Crippen molar-refractivity contribution in [3.8, 4) is 0 Å². The molecule has 4 nitrogen and oxygen atoms in total. The maximum atomic E-state index is 12.3. The molecule has 1 atom stereocenters. The second kappa shape index (κ2) is 8.06. The number of amides is 1. The number of fused-ring (bicyclic) bond motifs is 1. The Labute approximate surface area is 156 Å². The molecule has 0 bridgehead atoms. The molecular weight excluding hydrogens is 346 g/mol. The summed E-state index contributed by atoms with van der Waals surface area (Å²) in [5.41, 5.74) is 1.09. The van der Waals surface area contributed by atoms with Gasteiger partial charge in [-0.2, -0.15) is 0 Å². The van der Waals surface area contributed by atoms with E-state index in [9.17, 15) is 9.59 Å². The molecule has 1 N–H and O–H groups in total. The lowest BCUT2D eigenvalue weighted by Gasteiger charge is -2.14. The number of rotatable bonds is 5. The second-order valence-corrected chi connectivity index (χ2v) is 6.71. The molecular formula is C21H19NO3S. The van der Waals surface area contributed by atoms with Crippen molar-refractivity contribution in [1.29, 1.82) is 0 Å². The van der Waals surface area contributed by atoms with Crippen LogP contribution in [0.2, 0.25) is 0 Å². The Morgan fingerprint density at radius 2 is 1.65 bits per heavy atom. The van der Waals surface area contributed by atoms with E-state index in [-0.39, 0.29) is 5.91 Å². The van der Waals surface area contributed by atoms with Crippen molar-refractivity contribution in [1.82, 2.24) is 0 Å². The van der Waals surface area contributed by atoms with Gasteiger partial charge in [0, 0.05) is 10.6 Å². The molecule has 5 heteroatoms. The van der Waals surface area contributed by atoms with Crippen molar-refractivity contribution in [3.63, 3.8) is 0 Å². The molecule has 1 amide bonds. The number of carbonyl (C=O) groups is 2. The summed E-state index contributed by atoms with van der Waals surface area (Å²) in [4.78, 5) is 25.6. The third-order valence-electron chi connectivity index (χ3n) is 4.00. The van der Waals surface area contributed by atoms with Crippen molar-refractivity contribution >= 4 is 40.1 Å². The molecule has 0 aliphatic heterocycles. The van der Waals surface area contributed by atoms with E-state index in [1.54, 1.807) is 30.8 Å². The molecule has 0 aromatic heterocycles. The minimum absolute atomic E-state index is 0.366. The summed E-state index contributed by atoms with van der Waals surface area (Å²) >= 11 is 1.59. The first-order valence-electron chi connectivity index (χ1n) is 8.21. The van der Waals surface area contributed by atoms with Crippen LogP contribution in [-0.2, 0) is 9.53 Å². The minimum atomic E-state index is -0.894. The van der Waals surface area contributed by atoms with Gasteiger partial charge in [0.15, 0.2) is 6.10 Å². The monoisotopic (exact) mass is 365 g/mol. The van der Waals surface area contributed by atoms with Gasteiger partial charge in [-0.3, -0.25) is 4.79 Å². The van der Waals surface area contributed by atoms with Gasteiger partial charge in [-0.25, -0.2) is 4.79 Å². The summed E-state index contributed by atoms with van der Waals surface area (Å²) in [6.07, 6.45) is 1.07. The van der Waals surface area contributed by atoms with Crippen molar-refractivity contribution < 1.29 is 14.3 Å². The topological polar surface area (TPSA) is 55.4 Å². The number of benzene rings is 3. The van der Waals surface area contributed by atoms with Gasteiger partial charge in [-0.1, -0.05) is 30.3 Å². The number of carbonyl (C=O) groups excluding carboxylic acids is 2. The molecule has 0 spiro atoms. The SMILES string of the molecule is CSc1ccc(C(=O)O[C@@H](C)C(=O)Nc2ccc3ccccc3c2)cc1. The zero-order valence-electron chi connectivity index (χ0n) is 14.6. The number of hydrogen-bond acceptors (Lipinski definition) is 4. The van der Waals surface area contributed by atoms with E-state index in [1.807, 2.05) is 60.9 Å². The zero-order chi connectivity index (χ0) is 18.5. The molecule has 3 rings (SSSR count). The van der Waals surface area contributed by atoms with Gasteiger partial charge in [-0.05, 0) is 60.4 Å². The summed E-state index contributed by atoms with van der Waals surface area (Å²) in [6, 6.07) is 20.6. The predicted octanol–water partition coefficient (Wildman–Crippen LogP) is 4.75.